The molecule has 1 spiro atoms. The number of piperazine rings is 1. The van der Waals surface area contributed by atoms with E-state index in [1.54, 1.807) is 0 Å². The van der Waals surface area contributed by atoms with Gasteiger partial charge in [0.05, 0.1) is 45.2 Å². The van der Waals surface area contributed by atoms with Crippen LogP contribution in [0.5, 0.6) is 0 Å². The number of carbonyl (C=O) groups excluding carboxylic acids is 2. The molecule has 0 aliphatic carbocycles. The smallest absolute Gasteiger partial charge is 0.380 e. The number of aliphatic hydroxyl groups is 5. The monoisotopic (exact) mass is 768 g/mol. The number of carbonyl (C=O) groups is 2. The highest BCUT2D eigenvalue weighted by molar-refractivity contribution is 7.99. The number of nitrogens with zero attached hydrogens (tertiary/aromatic N) is 4. The number of anilines is 1. The lowest BCUT2D eigenvalue weighted by Gasteiger charge is -2.66. The van der Waals surface area contributed by atoms with Crippen molar-refractivity contribution in [2.45, 2.75) is 47.7 Å². The summed E-state index contributed by atoms with van der Waals surface area (Å²) in [4.78, 5) is 28.7. The zero-order valence-electron chi connectivity index (χ0n) is 27.6. The molecule has 52 heavy (non-hydrogen) atoms. The molecular formula is C30H29B3ClF5N4O8S. The summed E-state index contributed by atoms with van der Waals surface area (Å²) < 4.78 is 80.3. The summed E-state index contributed by atoms with van der Waals surface area (Å²) in [6.45, 7) is 6.90. The number of rotatable bonds is 4. The maximum Gasteiger partial charge on any atom is 0.417 e. The third kappa shape index (κ3) is 6.21. The number of ether oxygens (including phenoxy) is 1. The van der Waals surface area contributed by atoms with Crippen molar-refractivity contribution in [3.05, 3.63) is 58.6 Å². The molecule has 2 amide bonds. The molecular weight excluding hydrogens is 739 g/mol. The number of fused-ring (bicyclic) bond motifs is 1. The normalized spacial score (nSPS) is 23.1. The largest absolute Gasteiger partial charge is 0.417 e. The summed E-state index contributed by atoms with van der Waals surface area (Å²) in [5.74, 6) is -14.4. The third-order valence-electron chi connectivity index (χ3n) is 8.53. The fourth-order valence-electron chi connectivity index (χ4n) is 6.03. The standard InChI is InChI=1S/C28H23B3ClF5N4O8S.C2H6/c1-3-18(43)40-25(29,30)26(31,44)41(28(47,48)27(40,45)46)22(38-2)13-4-14(24(35,36)37)19(12-5-15(32)17(34)6-16(12)33)21-20(13)39(11-42)7-23(10-50-21)8-49-9-23;1-2/h3-6,11,44-48H,1,7-10H2,2H3;1-2H3. The molecule has 274 valence electrons. The molecule has 2 aromatic rings. The molecule has 3 aliphatic heterocycles. The number of hydrogen-bond donors (Lipinski definition) is 5. The van der Waals surface area contributed by atoms with Gasteiger partial charge in [-0.15, -0.1) is 11.8 Å². The predicted octanol–water partition coefficient (Wildman–Crippen LogP) is 1.20. The number of hydrogen-bond acceptors (Lipinski definition) is 10. The fraction of sp³-hybridized carbons (Fsp3) is 0.433. The molecule has 2 aromatic carbocycles. The van der Waals surface area contributed by atoms with Crippen LogP contribution >= 0.6 is 23.4 Å². The molecule has 3 heterocycles. The van der Waals surface area contributed by atoms with E-state index < -0.39 is 101 Å². The van der Waals surface area contributed by atoms with Gasteiger partial charge < -0.3 is 35.2 Å². The number of benzene rings is 2. The second-order valence-corrected chi connectivity index (χ2v) is 13.3. The van der Waals surface area contributed by atoms with Crippen LogP contribution in [0.25, 0.3) is 11.1 Å². The molecule has 1 atom stereocenters. The highest BCUT2D eigenvalue weighted by Gasteiger charge is 2.73. The fourth-order valence-corrected chi connectivity index (χ4v) is 7.63. The first kappa shape index (κ1) is 41.6. The van der Waals surface area contributed by atoms with Gasteiger partial charge in [-0.25, -0.2) is 8.78 Å². The zero-order chi connectivity index (χ0) is 39.6. The first-order valence-electron chi connectivity index (χ1n) is 15.0. The highest BCUT2D eigenvalue weighted by Crippen LogP contribution is 2.54. The Hall–Kier alpha value is -3.17. The Bertz CT molecular complexity index is 1800. The number of thioether (sulfide) groups is 1. The van der Waals surface area contributed by atoms with Crippen molar-refractivity contribution >= 4 is 70.7 Å². The lowest BCUT2D eigenvalue weighted by atomic mass is 9.47. The summed E-state index contributed by atoms with van der Waals surface area (Å²) in [5.41, 5.74) is -9.54. The first-order chi connectivity index (χ1) is 23.9. The van der Waals surface area contributed by atoms with Crippen molar-refractivity contribution in [3.63, 3.8) is 0 Å². The zero-order valence-corrected chi connectivity index (χ0v) is 29.2. The van der Waals surface area contributed by atoms with E-state index in [9.17, 15) is 39.5 Å². The van der Waals surface area contributed by atoms with Crippen molar-refractivity contribution in [2.75, 3.05) is 37.5 Å². The van der Waals surface area contributed by atoms with Crippen LogP contribution in [0.2, 0.25) is 5.02 Å². The molecule has 6 radical (unpaired) electrons. The van der Waals surface area contributed by atoms with Gasteiger partial charge in [0.25, 0.3) is 0 Å². The minimum absolute atomic E-state index is 0.0270. The van der Waals surface area contributed by atoms with Crippen LogP contribution < -0.4 is 4.90 Å². The SMILES string of the molecule is CC.[B]C1([B])N(C(=O)C=C)C(O)(O)C(O)(O)N(C(=NC)c2cc(C(F)(F)F)c(-c3cc(Cl)c(F)cc3F)c3c2N(C=O)CC2(COC2)CS3)C1([B])O. The number of amidine groups is 1. The summed E-state index contributed by atoms with van der Waals surface area (Å²) in [6, 6.07) is 1.12. The summed E-state index contributed by atoms with van der Waals surface area (Å²) in [6.07, 6.45) is -4.85. The van der Waals surface area contributed by atoms with Crippen LogP contribution in [-0.4, -0.2) is 132 Å². The summed E-state index contributed by atoms with van der Waals surface area (Å²) in [7, 11) is 18.7. The minimum Gasteiger partial charge on any atom is -0.380 e. The van der Waals surface area contributed by atoms with Crippen molar-refractivity contribution in [3.8, 4) is 11.1 Å². The van der Waals surface area contributed by atoms with Crippen LogP contribution in [0.15, 0.2) is 40.7 Å². The Kier molecular flexibility index (Phi) is 11.1. The maximum atomic E-state index is 15.4. The van der Waals surface area contributed by atoms with Gasteiger partial charge in [0.15, 0.2) is 0 Å². The number of aliphatic imine (C=N–C) groups is 1. The van der Waals surface area contributed by atoms with E-state index in [2.05, 4.69) is 11.6 Å². The minimum atomic E-state index is -5.41. The van der Waals surface area contributed by atoms with Crippen molar-refractivity contribution < 1.29 is 61.8 Å². The molecule has 22 heteroatoms. The Labute approximate surface area is 307 Å². The molecule has 0 saturated carbocycles. The topological polar surface area (TPSA) is 167 Å². The van der Waals surface area contributed by atoms with E-state index in [0.29, 0.717) is 23.9 Å². The Morgan fingerprint density at radius 2 is 1.62 bits per heavy atom. The number of alkyl halides is 3. The van der Waals surface area contributed by atoms with Crippen LogP contribution in [0.1, 0.15) is 25.0 Å². The van der Waals surface area contributed by atoms with Gasteiger partial charge in [0.2, 0.25) is 12.3 Å². The van der Waals surface area contributed by atoms with Crippen molar-refractivity contribution in [2.24, 2.45) is 10.4 Å². The van der Waals surface area contributed by atoms with Crippen LogP contribution in [-0.2, 0) is 20.5 Å². The number of amides is 2. The van der Waals surface area contributed by atoms with Crippen LogP contribution in [0, 0.1) is 17.0 Å². The summed E-state index contributed by atoms with van der Waals surface area (Å²) in [5, 5.41) is 51.8. The molecule has 2 fully saturated rings. The molecule has 5 rings (SSSR count). The Morgan fingerprint density at radius 3 is 2.10 bits per heavy atom. The molecule has 1 unspecified atom stereocenters. The number of halogens is 6. The predicted molar refractivity (Wildman–Crippen MR) is 181 cm³/mol. The van der Waals surface area contributed by atoms with Crippen LogP contribution in [0.3, 0.4) is 0 Å². The average Bonchev–Trinajstić information content (AvgIpc) is 3.22. The molecule has 0 bridgehead atoms. The maximum absolute atomic E-state index is 15.4. The lowest BCUT2D eigenvalue weighted by Crippen LogP contribution is -2.92. The second-order valence-electron chi connectivity index (χ2n) is 11.9. The Morgan fingerprint density at radius 1 is 1.04 bits per heavy atom. The molecule has 0 aromatic heterocycles. The van der Waals surface area contributed by atoms with Gasteiger partial charge in [-0.05, 0) is 18.2 Å². The van der Waals surface area contributed by atoms with E-state index in [1.165, 1.54) is 0 Å². The quantitative estimate of drug-likeness (QED) is 0.0446. The van der Waals surface area contributed by atoms with Crippen molar-refractivity contribution in [1.29, 1.82) is 0 Å². The van der Waals surface area contributed by atoms with E-state index in [4.69, 9.17) is 39.9 Å². The van der Waals surface area contributed by atoms with E-state index >= 15 is 17.6 Å². The lowest BCUT2D eigenvalue weighted by molar-refractivity contribution is -0.482. The van der Waals surface area contributed by atoms with Gasteiger partial charge in [-0.1, -0.05) is 32.0 Å². The van der Waals surface area contributed by atoms with Crippen molar-refractivity contribution in [1.82, 2.24) is 9.80 Å². The first-order valence-corrected chi connectivity index (χ1v) is 16.4. The highest BCUT2D eigenvalue weighted by atomic mass is 35.5. The molecule has 12 nitrogen and oxygen atoms in total. The van der Waals surface area contributed by atoms with Gasteiger partial charge in [-0.2, -0.15) is 13.2 Å². The molecule has 5 N–H and O–H groups in total. The van der Waals surface area contributed by atoms with Gasteiger partial charge in [-0.3, -0.25) is 24.4 Å². The molecule has 2 saturated heterocycles. The Balaban J connectivity index is 0.00000297. The van der Waals surface area contributed by atoms with E-state index in [0.717, 1.165) is 11.9 Å². The van der Waals surface area contributed by atoms with Crippen LogP contribution in [0.4, 0.5) is 27.6 Å². The van der Waals surface area contributed by atoms with Gasteiger partial charge in [0, 0.05) is 57.8 Å². The average molecular weight is 769 g/mol. The second kappa shape index (κ2) is 13.9. The van der Waals surface area contributed by atoms with E-state index in [-0.39, 0.29) is 49.0 Å². The van der Waals surface area contributed by atoms with E-state index in [1.807, 2.05) is 13.8 Å². The third-order valence-corrected chi connectivity index (χ3v) is 10.3. The van der Waals surface area contributed by atoms with Gasteiger partial charge in [0.1, 0.15) is 30.9 Å². The molecule has 3 aliphatic rings. The van der Waals surface area contributed by atoms with Gasteiger partial charge >= 0.3 is 18.0 Å². The summed E-state index contributed by atoms with van der Waals surface area (Å²) >= 11 is 6.56.